The molecule has 3 rings (SSSR count). The Morgan fingerprint density at radius 3 is 2.59 bits per heavy atom. The molecule has 2 aromatic carbocycles. The zero-order chi connectivity index (χ0) is 15.6. The molecule has 1 atom stereocenters. The van der Waals surface area contributed by atoms with E-state index in [-0.39, 0.29) is 18.4 Å². The maximum absolute atomic E-state index is 12.2. The normalized spacial score (nSPS) is 18.3. The van der Waals surface area contributed by atoms with Crippen LogP contribution in [0.3, 0.4) is 0 Å². The molecule has 1 fully saturated rings. The zero-order valence-electron chi connectivity index (χ0n) is 13.0. The Morgan fingerprint density at radius 1 is 1.18 bits per heavy atom. The molecule has 2 aromatic rings. The summed E-state index contributed by atoms with van der Waals surface area (Å²) in [6, 6.07) is 14.4. The lowest BCUT2D eigenvalue weighted by Crippen LogP contribution is -2.35. The van der Waals surface area contributed by atoms with Gasteiger partial charge in [-0.25, -0.2) is 0 Å². The third-order valence-electron chi connectivity index (χ3n) is 4.67. The molecule has 0 saturated heterocycles. The highest BCUT2D eigenvalue weighted by molar-refractivity contribution is 5.83. The Labute approximate surface area is 131 Å². The largest absolute Gasteiger partial charge is 0.389 e. The van der Waals surface area contributed by atoms with Crippen molar-refractivity contribution in [3.05, 3.63) is 48.0 Å². The average molecular weight is 297 g/mol. The Bertz CT molecular complexity index is 674. The summed E-state index contributed by atoms with van der Waals surface area (Å²) >= 11 is 0. The van der Waals surface area contributed by atoms with Crippen molar-refractivity contribution >= 4 is 16.7 Å². The lowest BCUT2D eigenvalue weighted by atomic mass is 9.97. The number of nitrogens with one attached hydrogen (secondary N) is 1. The minimum atomic E-state index is -0.785. The first-order valence-electron chi connectivity index (χ1n) is 8.06. The van der Waals surface area contributed by atoms with Crippen molar-refractivity contribution in [2.45, 2.75) is 50.7 Å². The third-order valence-corrected chi connectivity index (χ3v) is 4.67. The van der Waals surface area contributed by atoms with Crippen LogP contribution in [-0.2, 0) is 4.79 Å². The Morgan fingerprint density at radius 2 is 1.86 bits per heavy atom. The standard InChI is InChI=1S/C19H23NO2/c1-14(20-18(21)13-19(22)10-4-5-11-19)16-9-8-15-6-2-3-7-17(15)12-16/h2-3,6-9,12,14,22H,4-5,10-11,13H2,1H3,(H,20,21). The number of hydrogen-bond acceptors (Lipinski definition) is 2. The molecular formula is C19H23NO2. The molecule has 1 saturated carbocycles. The maximum atomic E-state index is 12.2. The highest BCUT2D eigenvalue weighted by atomic mass is 16.3. The van der Waals surface area contributed by atoms with E-state index in [9.17, 15) is 9.90 Å². The second-order valence-electron chi connectivity index (χ2n) is 6.50. The first-order chi connectivity index (χ1) is 10.6. The molecule has 1 aliphatic carbocycles. The van der Waals surface area contributed by atoms with Crippen molar-refractivity contribution in [1.29, 1.82) is 0 Å². The number of rotatable bonds is 4. The molecule has 3 heteroatoms. The molecular weight excluding hydrogens is 274 g/mol. The number of hydrogen-bond donors (Lipinski definition) is 2. The van der Waals surface area contributed by atoms with Crippen LogP contribution in [0.1, 0.15) is 50.6 Å². The van der Waals surface area contributed by atoms with Gasteiger partial charge in [-0.05, 0) is 42.2 Å². The van der Waals surface area contributed by atoms with Crippen LogP contribution < -0.4 is 5.32 Å². The summed E-state index contributed by atoms with van der Waals surface area (Å²) in [5, 5.41) is 15.7. The molecule has 116 valence electrons. The third kappa shape index (κ3) is 3.30. The van der Waals surface area contributed by atoms with Gasteiger partial charge in [-0.2, -0.15) is 0 Å². The molecule has 0 heterocycles. The lowest BCUT2D eigenvalue weighted by Gasteiger charge is -2.23. The summed E-state index contributed by atoms with van der Waals surface area (Å²) in [6.45, 7) is 1.99. The summed E-state index contributed by atoms with van der Waals surface area (Å²) in [6.07, 6.45) is 3.73. The molecule has 1 amide bonds. The molecule has 0 aromatic heterocycles. The van der Waals surface area contributed by atoms with Crippen LogP contribution in [0.2, 0.25) is 0 Å². The van der Waals surface area contributed by atoms with Gasteiger partial charge in [0.05, 0.1) is 18.1 Å². The van der Waals surface area contributed by atoms with Crippen LogP contribution >= 0.6 is 0 Å². The number of carbonyl (C=O) groups is 1. The van der Waals surface area contributed by atoms with Crippen LogP contribution in [0, 0.1) is 0 Å². The molecule has 3 nitrogen and oxygen atoms in total. The summed E-state index contributed by atoms with van der Waals surface area (Å²) in [5.74, 6) is -0.0648. The predicted octanol–water partition coefficient (Wildman–Crippen LogP) is 3.71. The van der Waals surface area contributed by atoms with Gasteiger partial charge >= 0.3 is 0 Å². The molecule has 0 aliphatic heterocycles. The minimum absolute atomic E-state index is 0.0536. The van der Waals surface area contributed by atoms with Crippen molar-refractivity contribution in [3.63, 3.8) is 0 Å². The number of amides is 1. The topological polar surface area (TPSA) is 49.3 Å². The van der Waals surface area contributed by atoms with Gasteiger partial charge in [-0.15, -0.1) is 0 Å². The van der Waals surface area contributed by atoms with Gasteiger partial charge in [0.2, 0.25) is 5.91 Å². The smallest absolute Gasteiger partial charge is 0.223 e. The van der Waals surface area contributed by atoms with Gasteiger partial charge < -0.3 is 10.4 Å². The Kier molecular flexibility index (Phi) is 4.16. The van der Waals surface area contributed by atoms with Crippen LogP contribution in [0.5, 0.6) is 0 Å². The predicted molar refractivity (Wildman–Crippen MR) is 88.5 cm³/mol. The van der Waals surface area contributed by atoms with Gasteiger partial charge in [-0.3, -0.25) is 4.79 Å². The molecule has 22 heavy (non-hydrogen) atoms. The summed E-state index contributed by atoms with van der Waals surface area (Å²) < 4.78 is 0. The van der Waals surface area contributed by atoms with E-state index in [4.69, 9.17) is 0 Å². The van der Waals surface area contributed by atoms with Gasteiger partial charge in [-0.1, -0.05) is 49.2 Å². The van der Waals surface area contributed by atoms with Crippen molar-refractivity contribution in [3.8, 4) is 0 Å². The summed E-state index contributed by atoms with van der Waals surface area (Å²) in [5.41, 5.74) is 0.304. The highest BCUT2D eigenvalue weighted by Crippen LogP contribution is 2.32. The van der Waals surface area contributed by atoms with E-state index in [2.05, 4.69) is 35.6 Å². The van der Waals surface area contributed by atoms with E-state index in [1.807, 2.05) is 19.1 Å². The summed E-state index contributed by atoms with van der Waals surface area (Å²) in [4.78, 5) is 12.2. The lowest BCUT2D eigenvalue weighted by molar-refractivity contribution is -0.126. The molecule has 0 bridgehead atoms. The fraction of sp³-hybridized carbons (Fsp3) is 0.421. The van der Waals surface area contributed by atoms with Crippen molar-refractivity contribution in [1.82, 2.24) is 5.32 Å². The molecule has 1 aliphatic rings. The van der Waals surface area contributed by atoms with Crippen LogP contribution in [0.25, 0.3) is 10.8 Å². The van der Waals surface area contributed by atoms with E-state index < -0.39 is 5.60 Å². The van der Waals surface area contributed by atoms with E-state index in [1.165, 1.54) is 10.8 Å². The van der Waals surface area contributed by atoms with Gasteiger partial charge in [0.1, 0.15) is 0 Å². The Balaban J connectivity index is 1.67. The fourth-order valence-electron chi connectivity index (χ4n) is 3.36. The van der Waals surface area contributed by atoms with Crippen LogP contribution in [0.15, 0.2) is 42.5 Å². The van der Waals surface area contributed by atoms with Gasteiger partial charge in [0, 0.05) is 0 Å². The van der Waals surface area contributed by atoms with E-state index in [1.54, 1.807) is 0 Å². The fourth-order valence-corrected chi connectivity index (χ4v) is 3.36. The zero-order valence-corrected chi connectivity index (χ0v) is 13.0. The van der Waals surface area contributed by atoms with E-state index >= 15 is 0 Å². The van der Waals surface area contributed by atoms with Crippen molar-refractivity contribution in [2.24, 2.45) is 0 Å². The van der Waals surface area contributed by atoms with Crippen LogP contribution in [0.4, 0.5) is 0 Å². The number of carbonyl (C=O) groups excluding carboxylic acids is 1. The monoisotopic (exact) mass is 297 g/mol. The quantitative estimate of drug-likeness (QED) is 0.903. The minimum Gasteiger partial charge on any atom is -0.389 e. The Hall–Kier alpha value is -1.87. The number of fused-ring (bicyclic) bond motifs is 1. The van der Waals surface area contributed by atoms with E-state index in [0.29, 0.717) is 0 Å². The molecule has 0 radical (unpaired) electrons. The number of benzene rings is 2. The van der Waals surface area contributed by atoms with Gasteiger partial charge in [0.25, 0.3) is 0 Å². The van der Waals surface area contributed by atoms with Crippen LogP contribution in [-0.4, -0.2) is 16.6 Å². The van der Waals surface area contributed by atoms with E-state index in [0.717, 1.165) is 31.2 Å². The molecule has 0 spiro atoms. The molecule has 1 unspecified atom stereocenters. The molecule has 2 N–H and O–H groups in total. The van der Waals surface area contributed by atoms with Crippen molar-refractivity contribution in [2.75, 3.05) is 0 Å². The first kappa shape index (κ1) is 15.0. The number of aliphatic hydroxyl groups is 1. The highest BCUT2D eigenvalue weighted by Gasteiger charge is 2.33. The average Bonchev–Trinajstić information content (AvgIpc) is 2.92. The van der Waals surface area contributed by atoms with Crippen molar-refractivity contribution < 1.29 is 9.90 Å². The SMILES string of the molecule is CC(NC(=O)CC1(O)CCCC1)c1ccc2ccccc2c1. The summed E-state index contributed by atoms with van der Waals surface area (Å²) in [7, 11) is 0. The first-order valence-corrected chi connectivity index (χ1v) is 8.06. The maximum Gasteiger partial charge on any atom is 0.223 e. The van der Waals surface area contributed by atoms with Gasteiger partial charge in [0.15, 0.2) is 0 Å². The second kappa shape index (κ2) is 6.09. The second-order valence-corrected chi connectivity index (χ2v) is 6.50.